The summed E-state index contributed by atoms with van der Waals surface area (Å²) < 4.78 is 1.85. The third-order valence-corrected chi connectivity index (χ3v) is 7.15. The monoisotopic (exact) mass is 450 g/mol. The molecular weight excluding hydrogens is 428 g/mol. The number of benzene rings is 2. The molecule has 0 bridgehead atoms. The predicted molar refractivity (Wildman–Crippen MR) is 131 cm³/mol. The minimum Gasteiger partial charge on any atom is -0.344 e. The van der Waals surface area contributed by atoms with Gasteiger partial charge in [0.15, 0.2) is 11.3 Å². The topological polar surface area (TPSA) is 59.8 Å². The van der Waals surface area contributed by atoms with E-state index in [4.69, 9.17) is 5.10 Å². The molecule has 6 heteroatoms. The van der Waals surface area contributed by atoms with Gasteiger partial charge in [-0.2, -0.15) is 5.10 Å². The normalized spacial score (nSPS) is 15.0. The molecule has 1 aliphatic carbocycles. The van der Waals surface area contributed by atoms with Crippen LogP contribution < -0.4 is 5.32 Å². The van der Waals surface area contributed by atoms with Crippen molar-refractivity contribution < 1.29 is 4.79 Å². The van der Waals surface area contributed by atoms with Crippen LogP contribution in [-0.4, -0.2) is 20.7 Å². The fourth-order valence-corrected chi connectivity index (χ4v) is 5.45. The quantitative estimate of drug-likeness (QED) is 0.378. The van der Waals surface area contributed by atoms with Crippen LogP contribution in [0.3, 0.4) is 0 Å². The first-order chi connectivity index (χ1) is 16.3. The molecule has 0 radical (unpaired) electrons. The number of hydrogen-bond donors (Lipinski definition) is 1. The highest BCUT2D eigenvalue weighted by molar-refractivity contribution is 7.13. The average molecular weight is 451 g/mol. The van der Waals surface area contributed by atoms with Crippen molar-refractivity contribution >= 4 is 28.3 Å². The maximum absolute atomic E-state index is 13.6. The van der Waals surface area contributed by atoms with Crippen molar-refractivity contribution in [1.82, 2.24) is 20.1 Å². The summed E-state index contributed by atoms with van der Waals surface area (Å²) in [5.74, 6) is -0.153. The van der Waals surface area contributed by atoms with E-state index < -0.39 is 0 Å². The number of amides is 1. The number of carbonyl (C=O) groups is 1. The molecule has 6 rings (SSSR count). The second-order valence-corrected chi connectivity index (χ2v) is 9.24. The van der Waals surface area contributed by atoms with Gasteiger partial charge in [0.1, 0.15) is 0 Å². The predicted octanol–water partition coefficient (Wildman–Crippen LogP) is 5.63. The van der Waals surface area contributed by atoms with Crippen LogP contribution in [0.25, 0.3) is 21.5 Å². The highest BCUT2D eigenvalue weighted by atomic mass is 32.1. The van der Waals surface area contributed by atoms with Crippen LogP contribution in [0, 0.1) is 0 Å². The van der Waals surface area contributed by atoms with Crippen molar-refractivity contribution in [2.45, 2.75) is 25.4 Å². The molecule has 33 heavy (non-hydrogen) atoms. The van der Waals surface area contributed by atoms with Crippen molar-refractivity contribution in [1.29, 1.82) is 0 Å². The first-order valence-corrected chi connectivity index (χ1v) is 12.0. The minimum atomic E-state index is -0.153. The standard InChI is InChI=1S/C27H22N4OS/c32-27(29-22-13-12-19-9-4-5-10-20(19)22)25-24-21(23-11-6-16-33-23)14-15-28-26(24)31(30-25)17-18-7-2-1-3-8-18/h1-11,14-16,22H,12-13,17H2,(H,29,32)/t22-/m1/s1. The number of aromatic nitrogens is 3. The Morgan fingerprint density at radius 1 is 1.03 bits per heavy atom. The van der Waals surface area contributed by atoms with Crippen LogP contribution >= 0.6 is 11.3 Å². The van der Waals surface area contributed by atoms with Crippen molar-refractivity contribution in [3.05, 3.63) is 107 Å². The van der Waals surface area contributed by atoms with Gasteiger partial charge in [0.25, 0.3) is 5.91 Å². The molecule has 1 atom stereocenters. The van der Waals surface area contributed by atoms with Gasteiger partial charge in [0.2, 0.25) is 0 Å². The molecule has 0 saturated heterocycles. The van der Waals surface area contributed by atoms with E-state index in [2.05, 4.69) is 46.7 Å². The summed E-state index contributed by atoms with van der Waals surface area (Å²) in [6, 6.07) is 24.6. The number of pyridine rings is 1. The van der Waals surface area contributed by atoms with Gasteiger partial charge in [-0.15, -0.1) is 11.3 Å². The zero-order valence-electron chi connectivity index (χ0n) is 17.9. The zero-order valence-corrected chi connectivity index (χ0v) is 18.8. The summed E-state index contributed by atoms with van der Waals surface area (Å²) >= 11 is 1.65. The Balaban J connectivity index is 1.44. The molecule has 2 aromatic carbocycles. The number of nitrogens with one attached hydrogen (secondary N) is 1. The Morgan fingerprint density at radius 2 is 1.88 bits per heavy atom. The summed E-state index contributed by atoms with van der Waals surface area (Å²) in [6.45, 7) is 0.553. The molecule has 3 aromatic heterocycles. The number of thiophene rings is 1. The van der Waals surface area contributed by atoms with E-state index in [1.165, 1.54) is 11.1 Å². The maximum Gasteiger partial charge on any atom is 0.273 e. The van der Waals surface area contributed by atoms with Crippen molar-refractivity contribution in [2.75, 3.05) is 0 Å². The van der Waals surface area contributed by atoms with Gasteiger partial charge >= 0.3 is 0 Å². The number of fused-ring (bicyclic) bond motifs is 2. The Labute approximate surface area is 195 Å². The Kier molecular flexibility index (Phi) is 5.00. The summed E-state index contributed by atoms with van der Waals surface area (Å²) in [5.41, 5.74) is 5.77. The molecule has 162 valence electrons. The summed E-state index contributed by atoms with van der Waals surface area (Å²) in [6.07, 6.45) is 3.69. The van der Waals surface area contributed by atoms with Gasteiger partial charge in [-0.25, -0.2) is 9.67 Å². The molecule has 0 unspecified atom stereocenters. The molecule has 0 fully saturated rings. The first kappa shape index (κ1) is 19.9. The SMILES string of the molecule is O=C(N[C@@H]1CCc2ccccc21)c1nn(Cc2ccccc2)c2nccc(-c3cccs3)c12. The van der Waals surface area contributed by atoms with Gasteiger partial charge < -0.3 is 5.32 Å². The van der Waals surface area contributed by atoms with E-state index in [-0.39, 0.29) is 11.9 Å². The molecule has 0 aliphatic heterocycles. The summed E-state index contributed by atoms with van der Waals surface area (Å²) in [4.78, 5) is 19.3. The smallest absolute Gasteiger partial charge is 0.273 e. The molecular formula is C27H22N4OS. The highest BCUT2D eigenvalue weighted by Gasteiger charge is 2.27. The van der Waals surface area contributed by atoms with Gasteiger partial charge in [-0.05, 0) is 47.0 Å². The minimum absolute atomic E-state index is 0.00452. The van der Waals surface area contributed by atoms with E-state index in [1.807, 2.05) is 46.5 Å². The molecule has 5 nitrogen and oxygen atoms in total. The Hall–Kier alpha value is -3.77. The van der Waals surface area contributed by atoms with Crippen LogP contribution in [0.5, 0.6) is 0 Å². The number of aryl methyl sites for hydroxylation is 1. The average Bonchev–Trinajstić information content (AvgIpc) is 3.60. The van der Waals surface area contributed by atoms with E-state index in [0.29, 0.717) is 12.2 Å². The van der Waals surface area contributed by atoms with Crippen LogP contribution in [0.2, 0.25) is 0 Å². The third-order valence-electron chi connectivity index (χ3n) is 6.25. The van der Waals surface area contributed by atoms with Crippen molar-refractivity contribution in [2.24, 2.45) is 0 Å². The van der Waals surface area contributed by atoms with Gasteiger partial charge in [-0.3, -0.25) is 4.79 Å². The maximum atomic E-state index is 13.6. The fourth-order valence-electron chi connectivity index (χ4n) is 4.69. The van der Waals surface area contributed by atoms with Gasteiger partial charge in [0.05, 0.1) is 18.0 Å². The molecule has 5 aromatic rings. The second-order valence-electron chi connectivity index (χ2n) is 8.29. The second kappa shape index (κ2) is 8.30. The van der Waals surface area contributed by atoms with Crippen molar-refractivity contribution in [3.8, 4) is 10.4 Å². The van der Waals surface area contributed by atoms with Crippen LogP contribution in [0.15, 0.2) is 84.4 Å². The lowest BCUT2D eigenvalue weighted by Gasteiger charge is -2.13. The highest BCUT2D eigenvalue weighted by Crippen LogP contribution is 2.35. The molecule has 0 saturated carbocycles. The molecule has 3 heterocycles. The number of hydrogen-bond acceptors (Lipinski definition) is 4. The van der Waals surface area contributed by atoms with E-state index in [0.717, 1.165) is 39.9 Å². The molecule has 1 aliphatic rings. The van der Waals surface area contributed by atoms with Crippen molar-refractivity contribution in [3.63, 3.8) is 0 Å². The van der Waals surface area contributed by atoms with E-state index >= 15 is 0 Å². The van der Waals surface area contributed by atoms with Gasteiger partial charge in [-0.1, -0.05) is 60.7 Å². The van der Waals surface area contributed by atoms with Crippen LogP contribution in [-0.2, 0) is 13.0 Å². The third kappa shape index (κ3) is 3.62. The van der Waals surface area contributed by atoms with E-state index in [9.17, 15) is 4.79 Å². The number of carbonyl (C=O) groups excluding carboxylic acids is 1. The summed E-state index contributed by atoms with van der Waals surface area (Å²) in [7, 11) is 0. The largest absolute Gasteiger partial charge is 0.344 e. The molecule has 1 amide bonds. The van der Waals surface area contributed by atoms with Crippen LogP contribution in [0.4, 0.5) is 0 Å². The Morgan fingerprint density at radius 3 is 2.73 bits per heavy atom. The lowest BCUT2D eigenvalue weighted by atomic mass is 10.1. The first-order valence-electron chi connectivity index (χ1n) is 11.1. The summed E-state index contributed by atoms with van der Waals surface area (Å²) in [5, 5.41) is 10.9. The lowest BCUT2D eigenvalue weighted by molar-refractivity contribution is 0.0932. The Bertz CT molecular complexity index is 1440. The zero-order chi connectivity index (χ0) is 22.2. The van der Waals surface area contributed by atoms with Crippen LogP contribution in [0.1, 0.15) is 39.6 Å². The molecule has 1 N–H and O–H groups in total. The molecule has 0 spiro atoms. The fraction of sp³-hybridized carbons (Fsp3) is 0.148. The van der Waals surface area contributed by atoms with Gasteiger partial charge in [0, 0.05) is 16.6 Å². The lowest BCUT2D eigenvalue weighted by Crippen LogP contribution is -2.27. The number of nitrogens with zero attached hydrogens (tertiary/aromatic N) is 3. The number of rotatable bonds is 5. The van der Waals surface area contributed by atoms with E-state index in [1.54, 1.807) is 17.5 Å².